The van der Waals surface area contributed by atoms with E-state index in [9.17, 15) is 0 Å². The van der Waals surface area contributed by atoms with E-state index in [1.54, 1.807) is 0 Å². The highest BCUT2D eigenvalue weighted by Gasteiger charge is 2.06. The van der Waals surface area contributed by atoms with Gasteiger partial charge in [-0.05, 0) is 37.1 Å². The van der Waals surface area contributed by atoms with Crippen molar-refractivity contribution in [3.8, 4) is 0 Å². The first-order chi connectivity index (χ1) is 13.9. The van der Waals surface area contributed by atoms with Crippen molar-refractivity contribution in [3.05, 3.63) is 72.4 Å². The fourth-order valence-electron chi connectivity index (χ4n) is 2.98. The molecule has 0 saturated heterocycles. The third-order valence-corrected chi connectivity index (χ3v) is 4.54. The van der Waals surface area contributed by atoms with Gasteiger partial charge in [-0.3, -0.25) is 5.43 Å². The van der Waals surface area contributed by atoms with Crippen LogP contribution in [-0.2, 0) is 0 Å². The lowest BCUT2D eigenvalue weighted by Crippen LogP contribution is -2.20. The fourth-order valence-corrected chi connectivity index (χ4v) is 2.98. The Hall–Kier alpha value is -3.01. The maximum atomic E-state index is 4.75. The molecule has 0 bridgehead atoms. The lowest BCUT2D eigenvalue weighted by atomic mass is 10.1. The van der Waals surface area contributed by atoms with E-state index in [4.69, 9.17) is 9.98 Å². The Morgan fingerprint density at radius 3 is 2.54 bits per heavy atom. The number of hydrogen-bond donors (Lipinski definition) is 1. The van der Waals surface area contributed by atoms with Gasteiger partial charge in [-0.25, -0.2) is 9.98 Å². The summed E-state index contributed by atoms with van der Waals surface area (Å²) in [6.45, 7) is 2.24. The summed E-state index contributed by atoms with van der Waals surface area (Å²) < 4.78 is 0. The first-order valence-electron chi connectivity index (χ1n) is 10.1. The maximum absolute atomic E-state index is 4.75. The first kappa shape index (κ1) is 19.7. The summed E-state index contributed by atoms with van der Waals surface area (Å²) in [6.07, 6.45) is 9.24. The van der Waals surface area contributed by atoms with Crippen molar-refractivity contribution in [3.63, 3.8) is 0 Å². The number of nitrogens with zero attached hydrogens (tertiary/aromatic N) is 3. The van der Waals surface area contributed by atoms with E-state index < -0.39 is 0 Å². The second-order valence-corrected chi connectivity index (χ2v) is 6.81. The molecule has 0 unspecified atom stereocenters. The average Bonchev–Trinajstić information content (AvgIpc) is 2.75. The highest BCUT2D eigenvalue weighted by atomic mass is 15.3. The van der Waals surface area contributed by atoms with E-state index in [1.165, 1.54) is 32.1 Å². The molecule has 0 saturated carbocycles. The van der Waals surface area contributed by atoms with Crippen molar-refractivity contribution >= 4 is 28.6 Å². The second-order valence-electron chi connectivity index (χ2n) is 6.81. The summed E-state index contributed by atoms with van der Waals surface area (Å²) in [4.78, 5) is 9.48. The number of hydrazone groups is 1. The Balaban J connectivity index is 1.73. The molecule has 0 aliphatic carbocycles. The topological polar surface area (TPSA) is 49.6 Å². The molecule has 0 atom stereocenters. The van der Waals surface area contributed by atoms with Crippen LogP contribution in [-0.4, -0.2) is 17.0 Å². The van der Waals surface area contributed by atoms with Crippen molar-refractivity contribution in [2.45, 2.75) is 45.4 Å². The highest BCUT2D eigenvalue weighted by Crippen LogP contribution is 2.15. The van der Waals surface area contributed by atoms with Crippen molar-refractivity contribution in [1.29, 1.82) is 0 Å². The van der Waals surface area contributed by atoms with Crippen molar-refractivity contribution in [2.24, 2.45) is 10.1 Å². The van der Waals surface area contributed by atoms with Crippen LogP contribution in [0.5, 0.6) is 0 Å². The van der Waals surface area contributed by atoms with Crippen LogP contribution in [0.2, 0.25) is 0 Å². The van der Waals surface area contributed by atoms with Gasteiger partial charge in [-0.15, -0.1) is 0 Å². The zero-order chi connectivity index (χ0) is 19.4. The molecular formula is C24H28N4. The van der Waals surface area contributed by atoms with Gasteiger partial charge in [0.15, 0.2) is 5.84 Å². The number of benzene rings is 2. The molecule has 4 nitrogen and oxygen atoms in total. The monoisotopic (exact) mass is 372 g/mol. The van der Waals surface area contributed by atoms with Crippen LogP contribution in [0.1, 0.15) is 51.1 Å². The molecule has 3 aromatic rings. The van der Waals surface area contributed by atoms with E-state index in [2.05, 4.69) is 29.6 Å². The Kier molecular flexibility index (Phi) is 7.74. The minimum absolute atomic E-state index is 0.652. The van der Waals surface area contributed by atoms with E-state index in [1.807, 2.05) is 60.8 Å². The van der Waals surface area contributed by atoms with Gasteiger partial charge in [-0.1, -0.05) is 75.1 Å². The van der Waals surface area contributed by atoms with Crippen LogP contribution in [0.4, 0.5) is 5.69 Å². The van der Waals surface area contributed by atoms with Crippen LogP contribution in [0.3, 0.4) is 0 Å². The Morgan fingerprint density at radius 1 is 0.893 bits per heavy atom. The molecule has 4 heteroatoms. The molecule has 0 spiro atoms. The number of fused-ring (bicyclic) bond motifs is 1. The van der Waals surface area contributed by atoms with Gasteiger partial charge >= 0.3 is 0 Å². The summed E-state index contributed by atoms with van der Waals surface area (Å²) >= 11 is 0. The minimum Gasteiger partial charge on any atom is -0.260 e. The summed E-state index contributed by atoms with van der Waals surface area (Å²) in [6, 6.07) is 22.0. The Bertz CT molecular complexity index is 916. The molecule has 144 valence electrons. The van der Waals surface area contributed by atoms with Crippen LogP contribution in [0.25, 0.3) is 10.9 Å². The number of rotatable bonds is 9. The lowest BCUT2D eigenvalue weighted by molar-refractivity contribution is 0.644. The van der Waals surface area contributed by atoms with Crippen LogP contribution >= 0.6 is 0 Å². The molecule has 0 aliphatic rings. The number of hydrogen-bond acceptors (Lipinski definition) is 3. The number of nitrogens with one attached hydrogen (secondary N) is 1. The molecule has 0 aliphatic heterocycles. The third kappa shape index (κ3) is 6.02. The Labute approximate surface area is 167 Å². The summed E-state index contributed by atoms with van der Waals surface area (Å²) in [5.41, 5.74) is 5.71. The van der Waals surface area contributed by atoms with Gasteiger partial charge in [0.25, 0.3) is 0 Å². The van der Waals surface area contributed by atoms with Gasteiger partial charge in [0, 0.05) is 11.6 Å². The number of para-hydroxylation sites is 2. The van der Waals surface area contributed by atoms with Crippen LogP contribution < -0.4 is 5.43 Å². The predicted molar refractivity (Wildman–Crippen MR) is 119 cm³/mol. The molecule has 0 radical (unpaired) electrons. The Morgan fingerprint density at radius 2 is 1.68 bits per heavy atom. The molecule has 3 rings (SSSR count). The number of aliphatic imine (C=N–C) groups is 1. The number of unbranched alkanes of at least 4 members (excludes halogenated alkanes) is 5. The zero-order valence-corrected chi connectivity index (χ0v) is 16.5. The number of pyridine rings is 1. The minimum atomic E-state index is 0.652. The van der Waals surface area contributed by atoms with Crippen molar-refractivity contribution in [2.75, 3.05) is 0 Å². The van der Waals surface area contributed by atoms with Crippen molar-refractivity contribution < 1.29 is 0 Å². The highest BCUT2D eigenvalue weighted by molar-refractivity contribution is 6.00. The number of amidine groups is 1. The lowest BCUT2D eigenvalue weighted by Gasteiger charge is -2.07. The first-order valence-corrected chi connectivity index (χ1v) is 10.1. The molecule has 2 aromatic carbocycles. The van der Waals surface area contributed by atoms with E-state index in [-0.39, 0.29) is 0 Å². The normalized spacial score (nSPS) is 12.0. The molecule has 0 fully saturated rings. The van der Waals surface area contributed by atoms with Gasteiger partial charge in [-0.2, -0.15) is 5.10 Å². The fraction of sp³-hybridized carbons (Fsp3) is 0.292. The van der Waals surface area contributed by atoms with Gasteiger partial charge in [0.2, 0.25) is 0 Å². The summed E-state index contributed by atoms with van der Waals surface area (Å²) in [7, 11) is 0. The zero-order valence-electron chi connectivity index (χ0n) is 16.5. The molecule has 1 heterocycles. The second kappa shape index (κ2) is 11.0. The standard InChI is InChI=1S/C24H28N4/c1-2-3-4-5-6-12-19-25-28-24(26-21-14-8-7-9-15-21)23-18-17-20-13-10-11-16-22(20)27-23/h7-11,13-19H,2-6,12H2,1H3,(H,26,28)/b25-19+. The van der Waals surface area contributed by atoms with Gasteiger partial charge in [0.1, 0.15) is 5.69 Å². The van der Waals surface area contributed by atoms with Gasteiger partial charge < -0.3 is 0 Å². The molecule has 1 aromatic heterocycles. The van der Waals surface area contributed by atoms with Crippen LogP contribution in [0.15, 0.2) is 76.8 Å². The van der Waals surface area contributed by atoms with E-state index in [0.717, 1.165) is 28.7 Å². The third-order valence-electron chi connectivity index (χ3n) is 4.54. The maximum Gasteiger partial charge on any atom is 0.172 e. The molecule has 0 amide bonds. The predicted octanol–water partition coefficient (Wildman–Crippen LogP) is 6.25. The smallest absolute Gasteiger partial charge is 0.172 e. The molecule has 1 N–H and O–H groups in total. The summed E-state index contributed by atoms with van der Waals surface area (Å²) in [5, 5.41) is 5.51. The molecule has 28 heavy (non-hydrogen) atoms. The van der Waals surface area contributed by atoms with E-state index in [0.29, 0.717) is 5.84 Å². The van der Waals surface area contributed by atoms with Crippen LogP contribution in [0, 0.1) is 0 Å². The van der Waals surface area contributed by atoms with E-state index >= 15 is 0 Å². The average molecular weight is 373 g/mol. The number of aromatic nitrogens is 1. The van der Waals surface area contributed by atoms with Crippen molar-refractivity contribution in [1.82, 2.24) is 10.4 Å². The summed E-state index contributed by atoms with van der Waals surface area (Å²) in [5.74, 6) is 0.652. The quantitative estimate of drug-likeness (QED) is 0.209. The largest absolute Gasteiger partial charge is 0.260 e. The SMILES string of the molecule is CCCCCCC/C=N/NC(=Nc1ccccc1)c1ccc2ccccc2n1. The molecular weight excluding hydrogens is 344 g/mol. The van der Waals surface area contributed by atoms with Gasteiger partial charge in [0.05, 0.1) is 11.2 Å².